The van der Waals surface area contributed by atoms with E-state index in [2.05, 4.69) is 20.5 Å². The molecule has 20 heavy (non-hydrogen) atoms. The summed E-state index contributed by atoms with van der Waals surface area (Å²) in [5, 5.41) is 7.58. The van der Waals surface area contributed by atoms with Gasteiger partial charge >= 0.3 is 0 Å². The number of nitrogen functional groups attached to an aromatic ring is 1. The normalized spacial score (nSPS) is 15.4. The van der Waals surface area contributed by atoms with Crippen molar-refractivity contribution in [2.75, 3.05) is 11.1 Å². The van der Waals surface area contributed by atoms with Gasteiger partial charge in [0.2, 0.25) is 0 Å². The molecule has 1 fully saturated rings. The average molecular weight is 329 g/mol. The minimum atomic E-state index is -3.32. The number of thiophene rings is 1. The summed E-state index contributed by atoms with van der Waals surface area (Å²) in [5.41, 5.74) is 8.12. The van der Waals surface area contributed by atoms with E-state index in [4.69, 9.17) is 5.73 Å². The van der Waals surface area contributed by atoms with Crippen LogP contribution < -0.4 is 11.1 Å². The monoisotopic (exact) mass is 329 g/mol. The van der Waals surface area contributed by atoms with E-state index in [1.54, 1.807) is 11.3 Å². The highest BCUT2D eigenvalue weighted by molar-refractivity contribution is 7.92. The first-order valence-electron chi connectivity index (χ1n) is 6.24. The summed E-state index contributed by atoms with van der Waals surface area (Å²) in [6, 6.07) is 0. The van der Waals surface area contributed by atoms with Crippen molar-refractivity contribution >= 4 is 43.5 Å². The third-order valence-corrected chi connectivity index (χ3v) is 7.51. The maximum atomic E-state index is 12.4. The number of hydrogen-bond acceptors (Lipinski definition) is 7. The molecule has 0 unspecified atom stereocenters. The van der Waals surface area contributed by atoms with Crippen molar-refractivity contribution in [2.45, 2.75) is 36.5 Å². The largest absolute Gasteiger partial charge is 0.382 e. The van der Waals surface area contributed by atoms with Gasteiger partial charge in [0.05, 0.1) is 5.25 Å². The number of nitrogens with zero attached hydrogens (tertiary/aromatic N) is 1. The number of anilines is 2. The molecule has 108 valence electrons. The van der Waals surface area contributed by atoms with Crippen LogP contribution >= 0.6 is 22.9 Å². The quantitative estimate of drug-likeness (QED) is 0.881. The zero-order valence-corrected chi connectivity index (χ0v) is 13.4. The Morgan fingerprint density at radius 1 is 1.45 bits per heavy atom. The van der Waals surface area contributed by atoms with Gasteiger partial charge in [0, 0.05) is 6.54 Å². The molecule has 0 aliphatic heterocycles. The fourth-order valence-corrected chi connectivity index (χ4v) is 5.71. The standard InChI is InChI=1S/C12H15N3O2S3/c1-7-5-18-6-8(7)4-14-12-10(11(13)15-19-12)20(16,17)9-2-3-9/h5-6,9,14H,2-4H2,1H3,(H2,13,15). The Kier molecular flexibility index (Phi) is 3.47. The highest BCUT2D eigenvalue weighted by Crippen LogP contribution is 2.41. The predicted molar refractivity (Wildman–Crippen MR) is 83.1 cm³/mol. The van der Waals surface area contributed by atoms with Crippen molar-refractivity contribution < 1.29 is 8.42 Å². The number of aryl methyl sites for hydroxylation is 1. The second-order valence-corrected chi connectivity index (χ2v) is 8.59. The van der Waals surface area contributed by atoms with Crippen LogP contribution in [0.2, 0.25) is 0 Å². The molecule has 0 saturated heterocycles. The second-order valence-electron chi connectivity index (χ2n) is 4.90. The van der Waals surface area contributed by atoms with Crippen LogP contribution in [0.3, 0.4) is 0 Å². The first-order valence-corrected chi connectivity index (χ1v) is 9.51. The summed E-state index contributed by atoms with van der Waals surface area (Å²) in [7, 11) is -3.32. The summed E-state index contributed by atoms with van der Waals surface area (Å²) in [6.07, 6.45) is 1.45. The number of rotatable bonds is 5. The molecule has 0 bridgehead atoms. The van der Waals surface area contributed by atoms with E-state index in [0.717, 1.165) is 29.9 Å². The lowest BCUT2D eigenvalue weighted by molar-refractivity contribution is 0.595. The van der Waals surface area contributed by atoms with E-state index in [0.29, 0.717) is 11.5 Å². The number of sulfone groups is 1. The molecule has 3 N–H and O–H groups in total. The van der Waals surface area contributed by atoms with Crippen LogP contribution in [0, 0.1) is 6.92 Å². The molecular weight excluding hydrogens is 314 g/mol. The molecule has 0 aromatic carbocycles. The van der Waals surface area contributed by atoms with E-state index in [1.165, 1.54) is 5.56 Å². The maximum Gasteiger partial charge on any atom is 0.187 e. The Morgan fingerprint density at radius 3 is 2.80 bits per heavy atom. The average Bonchev–Trinajstić information content (AvgIpc) is 3.09. The molecule has 3 rings (SSSR count). The van der Waals surface area contributed by atoms with E-state index in [-0.39, 0.29) is 16.0 Å². The second kappa shape index (κ2) is 5.01. The van der Waals surface area contributed by atoms with Crippen molar-refractivity contribution in [3.05, 3.63) is 21.9 Å². The Hall–Kier alpha value is -1.12. The Bertz CT molecular complexity index is 729. The van der Waals surface area contributed by atoms with Crippen molar-refractivity contribution in [3.63, 3.8) is 0 Å². The molecule has 0 radical (unpaired) electrons. The molecule has 5 nitrogen and oxygen atoms in total. The molecule has 0 amide bonds. The topological polar surface area (TPSA) is 85.1 Å². The molecule has 1 aliphatic carbocycles. The van der Waals surface area contributed by atoms with E-state index >= 15 is 0 Å². The van der Waals surface area contributed by atoms with E-state index in [1.807, 2.05) is 6.92 Å². The predicted octanol–water partition coefficient (Wildman–Crippen LogP) is 2.64. The third-order valence-electron chi connectivity index (χ3n) is 3.32. The van der Waals surface area contributed by atoms with Crippen molar-refractivity contribution in [2.24, 2.45) is 0 Å². The molecule has 2 aromatic rings. The number of nitrogens with one attached hydrogen (secondary N) is 1. The summed E-state index contributed by atoms with van der Waals surface area (Å²) >= 11 is 2.75. The van der Waals surface area contributed by atoms with Gasteiger partial charge < -0.3 is 11.1 Å². The summed E-state index contributed by atoms with van der Waals surface area (Å²) in [6.45, 7) is 2.63. The van der Waals surface area contributed by atoms with Gasteiger partial charge in [-0.2, -0.15) is 15.7 Å². The van der Waals surface area contributed by atoms with Gasteiger partial charge in [-0.3, -0.25) is 0 Å². The van der Waals surface area contributed by atoms with Crippen molar-refractivity contribution in [3.8, 4) is 0 Å². The van der Waals surface area contributed by atoms with E-state index in [9.17, 15) is 8.42 Å². The first kappa shape index (κ1) is 13.8. The van der Waals surface area contributed by atoms with Crippen LogP contribution in [-0.2, 0) is 16.4 Å². The zero-order chi connectivity index (χ0) is 14.3. The van der Waals surface area contributed by atoms with Crippen LogP contribution in [0.4, 0.5) is 10.8 Å². The van der Waals surface area contributed by atoms with Gasteiger partial charge in [0.15, 0.2) is 15.7 Å². The third kappa shape index (κ3) is 2.43. The molecule has 1 aliphatic rings. The lowest BCUT2D eigenvalue weighted by Gasteiger charge is -2.07. The van der Waals surface area contributed by atoms with Crippen LogP contribution in [0.25, 0.3) is 0 Å². The molecule has 2 aromatic heterocycles. The Balaban J connectivity index is 1.86. The van der Waals surface area contributed by atoms with Gasteiger partial charge in [0.1, 0.15) is 9.90 Å². The lowest BCUT2D eigenvalue weighted by Crippen LogP contribution is -2.11. The summed E-state index contributed by atoms with van der Waals surface area (Å²) < 4.78 is 28.7. The fraction of sp³-hybridized carbons (Fsp3) is 0.417. The van der Waals surface area contributed by atoms with Gasteiger partial charge in [-0.15, -0.1) is 0 Å². The van der Waals surface area contributed by atoms with E-state index < -0.39 is 9.84 Å². The minimum Gasteiger partial charge on any atom is -0.382 e. The molecule has 1 saturated carbocycles. The zero-order valence-electron chi connectivity index (χ0n) is 10.9. The van der Waals surface area contributed by atoms with Crippen LogP contribution in [0.1, 0.15) is 24.0 Å². The van der Waals surface area contributed by atoms with Gasteiger partial charge in [-0.1, -0.05) is 0 Å². The lowest BCUT2D eigenvalue weighted by atomic mass is 10.2. The highest BCUT2D eigenvalue weighted by atomic mass is 32.2. The molecule has 8 heteroatoms. The summed E-state index contributed by atoms with van der Waals surface area (Å²) in [4.78, 5) is 0.192. The van der Waals surface area contributed by atoms with Crippen LogP contribution in [-0.4, -0.2) is 18.0 Å². The van der Waals surface area contributed by atoms with Gasteiger partial charge in [-0.25, -0.2) is 8.42 Å². The highest BCUT2D eigenvalue weighted by Gasteiger charge is 2.40. The smallest absolute Gasteiger partial charge is 0.187 e. The summed E-state index contributed by atoms with van der Waals surface area (Å²) in [5.74, 6) is 0.117. The minimum absolute atomic E-state index is 0.117. The van der Waals surface area contributed by atoms with Gasteiger partial charge in [-0.05, 0) is 53.2 Å². The maximum absolute atomic E-state index is 12.4. The number of nitrogens with two attached hydrogens (primary N) is 1. The van der Waals surface area contributed by atoms with Gasteiger partial charge in [0.25, 0.3) is 0 Å². The van der Waals surface area contributed by atoms with Crippen molar-refractivity contribution in [1.82, 2.24) is 4.37 Å². The first-order chi connectivity index (χ1) is 9.50. The molecular formula is C12H15N3O2S3. The molecule has 0 atom stereocenters. The van der Waals surface area contributed by atoms with Crippen LogP contribution in [0.5, 0.6) is 0 Å². The van der Waals surface area contributed by atoms with Crippen LogP contribution in [0.15, 0.2) is 15.7 Å². The molecule has 2 heterocycles. The Labute approximate surface area is 125 Å². The number of hydrogen-bond donors (Lipinski definition) is 2. The number of aromatic nitrogens is 1. The molecule has 0 spiro atoms. The SMILES string of the molecule is Cc1cscc1CNc1snc(N)c1S(=O)(=O)C1CC1. The van der Waals surface area contributed by atoms with Crippen molar-refractivity contribution in [1.29, 1.82) is 0 Å². The Morgan fingerprint density at radius 2 is 2.20 bits per heavy atom. The fourth-order valence-electron chi connectivity index (χ4n) is 1.97.